The van der Waals surface area contributed by atoms with E-state index in [1.807, 2.05) is 0 Å². The molecule has 0 amide bonds. The van der Waals surface area contributed by atoms with Crippen LogP contribution in [0, 0.1) is 11.8 Å². The molecule has 1 heteroatoms. The van der Waals surface area contributed by atoms with Crippen LogP contribution in [0.5, 0.6) is 0 Å². The van der Waals surface area contributed by atoms with E-state index < -0.39 is 0 Å². The Morgan fingerprint density at radius 1 is 1.33 bits per heavy atom. The van der Waals surface area contributed by atoms with Gasteiger partial charge in [0.2, 0.25) is 0 Å². The molecule has 0 aromatic rings. The second-order valence-corrected chi connectivity index (χ2v) is 4.28. The molecule has 0 spiro atoms. The van der Waals surface area contributed by atoms with Crippen LogP contribution in [0.25, 0.3) is 0 Å². The van der Waals surface area contributed by atoms with Crippen molar-refractivity contribution in [1.82, 2.24) is 5.32 Å². The van der Waals surface area contributed by atoms with Gasteiger partial charge in [-0.05, 0) is 37.8 Å². The topological polar surface area (TPSA) is 12.0 Å². The first kappa shape index (κ1) is 10.0. The van der Waals surface area contributed by atoms with Crippen molar-refractivity contribution in [3.05, 3.63) is 0 Å². The van der Waals surface area contributed by atoms with Crippen LogP contribution in [-0.2, 0) is 0 Å². The quantitative estimate of drug-likeness (QED) is 0.638. The van der Waals surface area contributed by atoms with Gasteiger partial charge in [0.25, 0.3) is 0 Å². The molecule has 0 heterocycles. The summed E-state index contributed by atoms with van der Waals surface area (Å²) in [6, 6.07) is 0. The fourth-order valence-electron chi connectivity index (χ4n) is 2.30. The SMILES string of the molecule is CCNCC[C@H]1CCCC(C)C1. The number of hydrogen-bond acceptors (Lipinski definition) is 1. The Labute approximate surface area is 76.9 Å². The lowest BCUT2D eigenvalue weighted by atomic mass is 9.81. The molecule has 0 aromatic heterocycles. The van der Waals surface area contributed by atoms with E-state index in [0.29, 0.717) is 0 Å². The third-order valence-corrected chi connectivity index (χ3v) is 3.02. The van der Waals surface area contributed by atoms with Crippen molar-refractivity contribution in [2.45, 2.75) is 46.0 Å². The molecule has 1 fully saturated rings. The third-order valence-electron chi connectivity index (χ3n) is 3.02. The Morgan fingerprint density at radius 3 is 2.83 bits per heavy atom. The van der Waals surface area contributed by atoms with Gasteiger partial charge in [-0.2, -0.15) is 0 Å². The van der Waals surface area contributed by atoms with Crippen molar-refractivity contribution >= 4 is 0 Å². The minimum atomic E-state index is 0.991. The van der Waals surface area contributed by atoms with Crippen molar-refractivity contribution in [3.63, 3.8) is 0 Å². The van der Waals surface area contributed by atoms with E-state index in [2.05, 4.69) is 19.2 Å². The minimum Gasteiger partial charge on any atom is -0.317 e. The van der Waals surface area contributed by atoms with Crippen LogP contribution < -0.4 is 5.32 Å². The molecule has 1 saturated carbocycles. The zero-order valence-corrected chi connectivity index (χ0v) is 8.60. The monoisotopic (exact) mass is 169 g/mol. The highest BCUT2D eigenvalue weighted by atomic mass is 14.8. The molecule has 1 aliphatic carbocycles. The summed E-state index contributed by atoms with van der Waals surface area (Å²) in [6.45, 7) is 6.94. The summed E-state index contributed by atoms with van der Waals surface area (Å²) in [5.74, 6) is 2.01. The summed E-state index contributed by atoms with van der Waals surface area (Å²) in [6.07, 6.45) is 7.30. The lowest BCUT2D eigenvalue weighted by Gasteiger charge is -2.26. The molecule has 2 atom stereocenters. The van der Waals surface area contributed by atoms with Gasteiger partial charge in [0.15, 0.2) is 0 Å². The molecular weight excluding hydrogens is 146 g/mol. The summed E-state index contributed by atoms with van der Waals surface area (Å²) in [7, 11) is 0. The third kappa shape index (κ3) is 3.57. The molecule has 1 nitrogen and oxygen atoms in total. The van der Waals surface area contributed by atoms with Crippen LogP contribution >= 0.6 is 0 Å². The smallest absolute Gasteiger partial charge is 0.00464 e. The van der Waals surface area contributed by atoms with Crippen LogP contribution in [0.15, 0.2) is 0 Å². The molecule has 1 unspecified atom stereocenters. The van der Waals surface area contributed by atoms with Crippen molar-refractivity contribution in [3.8, 4) is 0 Å². The van der Waals surface area contributed by atoms with Gasteiger partial charge in [-0.1, -0.05) is 33.1 Å². The van der Waals surface area contributed by atoms with Crippen molar-refractivity contribution in [2.75, 3.05) is 13.1 Å². The summed E-state index contributed by atoms with van der Waals surface area (Å²) < 4.78 is 0. The fraction of sp³-hybridized carbons (Fsp3) is 1.00. The average molecular weight is 169 g/mol. The van der Waals surface area contributed by atoms with Gasteiger partial charge in [0.05, 0.1) is 0 Å². The van der Waals surface area contributed by atoms with Gasteiger partial charge in [0, 0.05) is 0 Å². The summed E-state index contributed by atoms with van der Waals surface area (Å²) in [5.41, 5.74) is 0. The van der Waals surface area contributed by atoms with Gasteiger partial charge in [-0.15, -0.1) is 0 Å². The molecule has 1 aliphatic rings. The molecular formula is C11H23N. The average Bonchev–Trinajstić information content (AvgIpc) is 2.05. The first-order valence-corrected chi connectivity index (χ1v) is 5.53. The van der Waals surface area contributed by atoms with Gasteiger partial charge in [-0.3, -0.25) is 0 Å². The Morgan fingerprint density at radius 2 is 2.17 bits per heavy atom. The maximum absolute atomic E-state index is 3.41. The van der Waals surface area contributed by atoms with Gasteiger partial charge in [0.1, 0.15) is 0 Å². The maximum Gasteiger partial charge on any atom is -0.00464 e. The first-order valence-electron chi connectivity index (χ1n) is 5.53. The standard InChI is InChI=1S/C11H23N/c1-3-12-8-7-11-6-4-5-10(2)9-11/h10-12H,3-9H2,1-2H3/t10?,11-/m1/s1. The maximum atomic E-state index is 3.41. The predicted molar refractivity (Wildman–Crippen MR) is 54.3 cm³/mol. The van der Waals surface area contributed by atoms with Gasteiger partial charge in [-0.25, -0.2) is 0 Å². The van der Waals surface area contributed by atoms with E-state index in [4.69, 9.17) is 0 Å². The number of nitrogens with one attached hydrogen (secondary N) is 1. The normalized spacial score (nSPS) is 30.5. The molecule has 0 aromatic carbocycles. The molecule has 0 aliphatic heterocycles. The Balaban J connectivity index is 2.06. The highest BCUT2D eigenvalue weighted by Gasteiger charge is 2.17. The van der Waals surface area contributed by atoms with Crippen molar-refractivity contribution in [1.29, 1.82) is 0 Å². The van der Waals surface area contributed by atoms with Crippen molar-refractivity contribution < 1.29 is 0 Å². The Kier molecular flexibility index (Phi) is 4.67. The van der Waals surface area contributed by atoms with Crippen molar-refractivity contribution in [2.24, 2.45) is 11.8 Å². The van der Waals surface area contributed by atoms with Crippen LogP contribution in [0.4, 0.5) is 0 Å². The summed E-state index contributed by atoms with van der Waals surface area (Å²) in [4.78, 5) is 0. The minimum absolute atomic E-state index is 0.991. The molecule has 0 bridgehead atoms. The molecule has 1 rings (SSSR count). The largest absolute Gasteiger partial charge is 0.317 e. The number of hydrogen-bond donors (Lipinski definition) is 1. The van der Waals surface area contributed by atoms with Crippen LogP contribution in [0.2, 0.25) is 0 Å². The predicted octanol–water partition coefficient (Wildman–Crippen LogP) is 2.81. The zero-order chi connectivity index (χ0) is 8.81. The molecule has 0 saturated heterocycles. The lowest BCUT2D eigenvalue weighted by molar-refractivity contribution is 0.268. The fourth-order valence-corrected chi connectivity index (χ4v) is 2.30. The highest BCUT2D eigenvalue weighted by molar-refractivity contribution is 4.70. The number of rotatable bonds is 4. The molecule has 72 valence electrons. The van der Waals surface area contributed by atoms with E-state index in [1.54, 1.807) is 0 Å². The summed E-state index contributed by atoms with van der Waals surface area (Å²) in [5, 5.41) is 3.41. The summed E-state index contributed by atoms with van der Waals surface area (Å²) >= 11 is 0. The molecule has 0 radical (unpaired) electrons. The lowest BCUT2D eigenvalue weighted by Crippen LogP contribution is -2.20. The molecule has 12 heavy (non-hydrogen) atoms. The molecule has 1 N–H and O–H groups in total. The zero-order valence-electron chi connectivity index (χ0n) is 8.60. The van der Waals surface area contributed by atoms with E-state index in [9.17, 15) is 0 Å². The van der Waals surface area contributed by atoms with E-state index in [0.717, 1.165) is 18.4 Å². The highest BCUT2D eigenvalue weighted by Crippen LogP contribution is 2.30. The van der Waals surface area contributed by atoms with Gasteiger partial charge >= 0.3 is 0 Å². The van der Waals surface area contributed by atoms with E-state index in [1.165, 1.54) is 38.6 Å². The second-order valence-electron chi connectivity index (χ2n) is 4.28. The second kappa shape index (κ2) is 5.58. The van der Waals surface area contributed by atoms with E-state index in [-0.39, 0.29) is 0 Å². The first-order chi connectivity index (χ1) is 5.83. The Hall–Kier alpha value is -0.0400. The van der Waals surface area contributed by atoms with Crippen LogP contribution in [0.3, 0.4) is 0 Å². The van der Waals surface area contributed by atoms with Gasteiger partial charge < -0.3 is 5.32 Å². The van der Waals surface area contributed by atoms with Crippen LogP contribution in [-0.4, -0.2) is 13.1 Å². The van der Waals surface area contributed by atoms with E-state index >= 15 is 0 Å². The van der Waals surface area contributed by atoms with Crippen LogP contribution in [0.1, 0.15) is 46.0 Å². The Bertz CT molecular complexity index is 112.